The van der Waals surface area contributed by atoms with E-state index < -0.39 is 5.97 Å². The quantitative estimate of drug-likeness (QED) is 0.855. The van der Waals surface area contributed by atoms with Gasteiger partial charge in [0.1, 0.15) is 11.4 Å². The molecule has 6 heteroatoms. The molecule has 0 bridgehead atoms. The van der Waals surface area contributed by atoms with Crippen molar-refractivity contribution < 1.29 is 19.5 Å². The molecule has 2 aromatic rings. The second kappa shape index (κ2) is 4.01. The largest absolute Gasteiger partial charge is 0.507 e. The molecule has 1 aromatic carbocycles. The standard InChI is InChI=1S/C13H12N2O4/c1-15-5-4-8-10(15)3-2-7(12(8)16)9-6-11(13(17)18)19-14-9/h2-3,6,16H,4-5H2,1H3,(H,17,18). The lowest BCUT2D eigenvalue weighted by atomic mass is 10.0. The van der Waals surface area contributed by atoms with Gasteiger partial charge in [-0.25, -0.2) is 4.79 Å². The van der Waals surface area contributed by atoms with E-state index in [1.807, 2.05) is 13.1 Å². The first-order valence-electron chi connectivity index (χ1n) is 5.84. The van der Waals surface area contributed by atoms with Crippen molar-refractivity contribution in [3.05, 3.63) is 29.5 Å². The number of carboxylic acid groups (broad SMARTS) is 1. The molecule has 0 spiro atoms. The van der Waals surface area contributed by atoms with Gasteiger partial charge in [-0.15, -0.1) is 0 Å². The lowest BCUT2D eigenvalue weighted by Gasteiger charge is -2.12. The van der Waals surface area contributed by atoms with Crippen LogP contribution in [0.25, 0.3) is 11.3 Å². The predicted octanol–water partition coefficient (Wildman–Crippen LogP) is 1.74. The van der Waals surface area contributed by atoms with Gasteiger partial charge in [-0.3, -0.25) is 0 Å². The van der Waals surface area contributed by atoms with Crippen LogP contribution in [0.5, 0.6) is 5.75 Å². The molecule has 0 unspecified atom stereocenters. The van der Waals surface area contributed by atoms with Crippen LogP contribution >= 0.6 is 0 Å². The zero-order chi connectivity index (χ0) is 13.6. The van der Waals surface area contributed by atoms with Gasteiger partial charge in [-0.2, -0.15) is 0 Å². The summed E-state index contributed by atoms with van der Waals surface area (Å²) in [7, 11) is 1.96. The van der Waals surface area contributed by atoms with E-state index in [2.05, 4.69) is 10.1 Å². The smallest absolute Gasteiger partial charge is 0.374 e. The van der Waals surface area contributed by atoms with Crippen LogP contribution in [0.2, 0.25) is 0 Å². The van der Waals surface area contributed by atoms with Gasteiger partial charge in [0.25, 0.3) is 0 Å². The third-order valence-corrected chi connectivity index (χ3v) is 3.36. The number of fused-ring (bicyclic) bond motifs is 1. The maximum Gasteiger partial charge on any atom is 0.374 e. The summed E-state index contributed by atoms with van der Waals surface area (Å²) in [4.78, 5) is 12.8. The minimum absolute atomic E-state index is 0.145. The van der Waals surface area contributed by atoms with Gasteiger partial charge < -0.3 is 19.6 Å². The zero-order valence-corrected chi connectivity index (χ0v) is 10.3. The van der Waals surface area contributed by atoms with Gasteiger partial charge in [0, 0.05) is 36.5 Å². The minimum Gasteiger partial charge on any atom is -0.507 e. The van der Waals surface area contributed by atoms with Gasteiger partial charge in [-0.1, -0.05) is 5.16 Å². The Hall–Kier alpha value is -2.50. The zero-order valence-electron chi connectivity index (χ0n) is 10.3. The van der Waals surface area contributed by atoms with Gasteiger partial charge in [0.2, 0.25) is 5.76 Å². The minimum atomic E-state index is -1.18. The van der Waals surface area contributed by atoms with E-state index in [1.54, 1.807) is 6.07 Å². The normalized spacial score (nSPS) is 13.6. The second-order valence-corrected chi connectivity index (χ2v) is 4.51. The van der Waals surface area contributed by atoms with E-state index in [9.17, 15) is 9.90 Å². The summed E-state index contributed by atoms with van der Waals surface area (Å²) in [5.74, 6) is -1.28. The molecule has 2 N–H and O–H groups in total. The van der Waals surface area contributed by atoms with Crippen molar-refractivity contribution in [1.29, 1.82) is 0 Å². The maximum atomic E-state index is 10.8. The number of aromatic carboxylic acids is 1. The van der Waals surface area contributed by atoms with Crippen LogP contribution in [-0.4, -0.2) is 34.9 Å². The number of carbonyl (C=O) groups is 1. The van der Waals surface area contributed by atoms with Crippen LogP contribution in [0.1, 0.15) is 16.1 Å². The van der Waals surface area contributed by atoms with Crippen molar-refractivity contribution in [1.82, 2.24) is 5.16 Å². The number of anilines is 1. The number of likely N-dealkylation sites (N-methyl/N-ethyl adjacent to an activating group) is 1. The molecule has 6 nitrogen and oxygen atoms in total. The molecule has 0 saturated heterocycles. The fraction of sp³-hybridized carbons (Fsp3) is 0.231. The Morgan fingerprint density at radius 1 is 1.47 bits per heavy atom. The van der Waals surface area contributed by atoms with Crippen LogP contribution in [0.15, 0.2) is 22.7 Å². The van der Waals surface area contributed by atoms with E-state index in [0.29, 0.717) is 11.3 Å². The molecule has 19 heavy (non-hydrogen) atoms. The molecule has 1 aliphatic rings. The van der Waals surface area contributed by atoms with Crippen molar-refractivity contribution >= 4 is 11.7 Å². The number of rotatable bonds is 2. The summed E-state index contributed by atoms with van der Waals surface area (Å²) in [5, 5.41) is 22.8. The highest BCUT2D eigenvalue weighted by Crippen LogP contribution is 2.40. The van der Waals surface area contributed by atoms with Crippen LogP contribution in [0.3, 0.4) is 0 Å². The number of phenolic OH excluding ortho intramolecular Hbond substituents is 1. The highest BCUT2D eigenvalue weighted by atomic mass is 16.5. The average molecular weight is 260 g/mol. The Balaban J connectivity index is 2.08. The number of aromatic hydroxyl groups is 1. The van der Waals surface area contributed by atoms with E-state index in [1.165, 1.54) is 6.07 Å². The first kappa shape index (κ1) is 11.6. The summed E-state index contributed by atoms with van der Waals surface area (Å²) < 4.78 is 4.70. The molecular weight excluding hydrogens is 248 g/mol. The predicted molar refractivity (Wildman–Crippen MR) is 67.5 cm³/mol. The molecule has 0 fully saturated rings. The molecule has 98 valence electrons. The van der Waals surface area contributed by atoms with Gasteiger partial charge in [0.05, 0.1) is 0 Å². The first-order chi connectivity index (χ1) is 9.08. The first-order valence-corrected chi connectivity index (χ1v) is 5.84. The van der Waals surface area contributed by atoms with Gasteiger partial charge in [-0.05, 0) is 18.6 Å². The molecule has 0 radical (unpaired) electrons. The summed E-state index contributed by atoms with van der Waals surface area (Å²) in [6.07, 6.45) is 0.759. The van der Waals surface area contributed by atoms with Gasteiger partial charge in [0.15, 0.2) is 0 Å². The molecule has 0 aliphatic carbocycles. The second-order valence-electron chi connectivity index (χ2n) is 4.51. The number of hydrogen-bond donors (Lipinski definition) is 2. The van der Waals surface area contributed by atoms with E-state index in [0.717, 1.165) is 24.2 Å². The fourth-order valence-electron chi connectivity index (χ4n) is 2.34. The number of phenols is 1. The Morgan fingerprint density at radius 3 is 2.95 bits per heavy atom. The topological polar surface area (TPSA) is 86.8 Å². The summed E-state index contributed by atoms with van der Waals surface area (Å²) in [6, 6.07) is 4.93. The molecule has 0 atom stereocenters. The summed E-state index contributed by atoms with van der Waals surface area (Å²) in [6.45, 7) is 0.853. The van der Waals surface area contributed by atoms with Crippen molar-refractivity contribution in [2.45, 2.75) is 6.42 Å². The number of carboxylic acids is 1. The SMILES string of the molecule is CN1CCc2c1ccc(-c1cc(C(=O)O)on1)c2O. The Kier molecular flexibility index (Phi) is 2.45. The molecule has 1 aliphatic heterocycles. The number of nitrogens with zero attached hydrogens (tertiary/aromatic N) is 2. The van der Waals surface area contributed by atoms with Crippen LogP contribution < -0.4 is 4.90 Å². The number of aromatic nitrogens is 1. The fourth-order valence-corrected chi connectivity index (χ4v) is 2.34. The third kappa shape index (κ3) is 1.72. The lowest BCUT2D eigenvalue weighted by molar-refractivity contribution is 0.0652. The van der Waals surface area contributed by atoms with Crippen molar-refractivity contribution in [3.63, 3.8) is 0 Å². The Morgan fingerprint density at radius 2 is 2.26 bits per heavy atom. The van der Waals surface area contributed by atoms with E-state index in [4.69, 9.17) is 9.63 Å². The average Bonchev–Trinajstić information content (AvgIpc) is 2.98. The van der Waals surface area contributed by atoms with Crippen LogP contribution in [0.4, 0.5) is 5.69 Å². The van der Waals surface area contributed by atoms with Gasteiger partial charge >= 0.3 is 5.97 Å². The van der Waals surface area contributed by atoms with Crippen molar-refractivity contribution in [3.8, 4) is 17.0 Å². The molecule has 1 aromatic heterocycles. The van der Waals surface area contributed by atoms with E-state index in [-0.39, 0.29) is 11.5 Å². The Labute approximate surface area is 108 Å². The van der Waals surface area contributed by atoms with E-state index >= 15 is 0 Å². The Bertz CT molecular complexity index is 663. The summed E-state index contributed by atoms with van der Waals surface area (Å²) in [5.41, 5.74) is 2.67. The molecule has 0 amide bonds. The molecule has 2 heterocycles. The van der Waals surface area contributed by atoms with Crippen LogP contribution in [-0.2, 0) is 6.42 Å². The third-order valence-electron chi connectivity index (χ3n) is 3.36. The molecule has 3 rings (SSSR count). The maximum absolute atomic E-state index is 10.8. The highest BCUT2D eigenvalue weighted by molar-refractivity contribution is 5.86. The van der Waals surface area contributed by atoms with Crippen LogP contribution in [0, 0.1) is 0 Å². The summed E-state index contributed by atoms with van der Waals surface area (Å²) >= 11 is 0. The monoisotopic (exact) mass is 260 g/mol. The lowest BCUT2D eigenvalue weighted by Crippen LogP contribution is -2.12. The number of hydrogen-bond acceptors (Lipinski definition) is 5. The molecule has 0 saturated carbocycles. The molecular formula is C13H12N2O4. The van der Waals surface area contributed by atoms with Crippen molar-refractivity contribution in [2.75, 3.05) is 18.5 Å². The highest BCUT2D eigenvalue weighted by Gasteiger charge is 2.23. The van der Waals surface area contributed by atoms with Crippen molar-refractivity contribution in [2.24, 2.45) is 0 Å². The number of benzene rings is 1.